The van der Waals surface area contributed by atoms with Crippen molar-refractivity contribution in [3.8, 4) is 0 Å². The van der Waals surface area contributed by atoms with Crippen LogP contribution in [0.25, 0.3) is 10.8 Å². The van der Waals surface area contributed by atoms with Gasteiger partial charge in [0.25, 0.3) is 0 Å². The number of ketones is 1. The third kappa shape index (κ3) is 4.35. The maximum absolute atomic E-state index is 12.0. The molecule has 0 atom stereocenters. The van der Waals surface area contributed by atoms with E-state index in [-0.39, 0.29) is 11.7 Å². The zero-order valence-electron chi connectivity index (χ0n) is 13.2. The molecule has 0 aromatic heterocycles. The standard InChI is InChI=1S/C19H21NO2S/c21-18(9-10-19(22)20-11-12-23-14-20)8-6-15-5-7-16-3-1-2-4-17(16)13-15/h1-5,7,13H,6,8-12,14H2. The summed E-state index contributed by atoms with van der Waals surface area (Å²) < 4.78 is 0. The molecule has 0 saturated carbocycles. The van der Waals surface area contributed by atoms with Gasteiger partial charge in [-0.1, -0.05) is 42.5 Å². The highest BCUT2D eigenvalue weighted by Gasteiger charge is 2.18. The zero-order chi connectivity index (χ0) is 16.1. The van der Waals surface area contributed by atoms with E-state index < -0.39 is 0 Å². The van der Waals surface area contributed by atoms with Gasteiger partial charge in [-0.15, -0.1) is 11.8 Å². The first-order valence-corrected chi connectivity index (χ1v) is 9.23. The average molecular weight is 327 g/mol. The van der Waals surface area contributed by atoms with Crippen LogP contribution in [0.15, 0.2) is 42.5 Å². The van der Waals surface area contributed by atoms with E-state index in [0.717, 1.165) is 24.6 Å². The van der Waals surface area contributed by atoms with Gasteiger partial charge in [-0.2, -0.15) is 0 Å². The van der Waals surface area contributed by atoms with E-state index in [2.05, 4.69) is 30.3 Å². The fourth-order valence-corrected chi connectivity index (χ4v) is 3.79. The molecular formula is C19H21NO2S. The third-order valence-electron chi connectivity index (χ3n) is 4.23. The first-order valence-electron chi connectivity index (χ1n) is 8.07. The minimum Gasteiger partial charge on any atom is -0.333 e. The maximum atomic E-state index is 12.0. The fraction of sp³-hybridized carbons (Fsp3) is 0.368. The summed E-state index contributed by atoms with van der Waals surface area (Å²) in [6.07, 6.45) is 1.99. The van der Waals surface area contributed by atoms with Crippen LogP contribution in [0.5, 0.6) is 0 Å². The Morgan fingerprint density at radius 2 is 1.83 bits per heavy atom. The Hall–Kier alpha value is -1.81. The van der Waals surface area contributed by atoms with Gasteiger partial charge >= 0.3 is 0 Å². The molecule has 0 N–H and O–H groups in total. The molecule has 0 bridgehead atoms. The molecule has 1 amide bonds. The molecule has 1 heterocycles. The molecule has 0 aliphatic carbocycles. The van der Waals surface area contributed by atoms with Crippen molar-refractivity contribution < 1.29 is 9.59 Å². The van der Waals surface area contributed by atoms with Crippen molar-refractivity contribution in [3.63, 3.8) is 0 Å². The van der Waals surface area contributed by atoms with Crippen LogP contribution < -0.4 is 0 Å². The summed E-state index contributed by atoms with van der Waals surface area (Å²) in [6.45, 7) is 0.828. The number of thioether (sulfide) groups is 1. The van der Waals surface area contributed by atoms with E-state index in [1.54, 1.807) is 11.8 Å². The van der Waals surface area contributed by atoms with Crippen LogP contribution >= 0.6 is 11.8 Å². The number of rotatable bonds is 6. The summed E-state index contributed by atoms with van der Waals surface area (Å²) in [5, 5.41) is 2.43. The number of carbonyl (C=O) groups excluding carboxylic acids is 2. The molecule has 4 heteroatoms. The second-order valence-corrected chi connectivity index (χ2v) is 6.99. The number of nitrogens with zero attached hydrogens (tertiary/aromatic N) is 1. The lowest BCUT2D eigenvalue weighted by atomic mass is 10.0. The molecule has 1 saturated heterocycles. The predicted octanol–water partition coefficient (Wildman–Crippen LogP) is 3.65. The molecule has 120 valence electrons. The molecule has 1 aliphatic heterocycles. The van der Waals surface area contributed by atoms with Crippen LogP contribution in [-0.4, -0.2) is 34.8 Å². The van der Waals surface area contributed by atoms with Gasteiger partial charge in [-0.3, -0.25) is 9.59 Å². The van der Waals surface area contributed by atoms with Gasteiger partial charge < -0.3 is 4.90 Å². The summed E-state index contributed by atoms with van der Waals surface area (Å²) in [6, 6.07) is 14.6. The van der Waals surface area contributed by atoms with Crippen molar-refractivity contribution in [2.75, 3.05) is 18.2 Å². The highest BCUT2D eigenvalue weighted by molar-refractivity contribution is 7.99. The molecule has 0 spiro atoms. The zero-order valence-corrected chi connectivity index (χ0v) is 14.0. The van der Waals surface area contributed by atoms with Crippen molar-refractivity contribution in [2.45, 2.75) is 25.7 Å². The molecule has 0 radical (unpaired) electrons. The summed E-state index contributed by atoms with van der Waals surface area (Å²) >= 11 is 1.77. The molecule has 3 nitrogen and oxygen atoms in total. The van der Waals surface area contributed by atoms with E-state index in [1.807, 2.05) is 17.0 Å². The number of amides is 1. The second-order valence-electron chi connectivity index (χ2n) is 5.91. The summed E-state index contributed by atoms with van der Waals surface area (Å²) in [5.41, 5.74) is 1.18. The number of carbonyl (C=O) groups is 2. The van der Waals surface area contributed by atoms with Crippen molar-refractivity contribution in [1.82, 2.24) is 4.90 Å². The van der Waals surface area contributed by atoms with E-state index in [1.165, 1.54) is 16.3 Å². The van der Waals surface area contributed by atoms with Gasteiger partial charge in [0, 0.05) is 31.6 Å². The highest BCUT2D eigenvalue weighted by atomic mass is 32.2. The monoisotopic (exact) mass is 327 g/mol. The van der Waals surface area contributed by atoms with Crippen molar-refractivity contribution in [2.24, 2.45) is 0 Å². The minimum absolute atomic E-state index is 0.119. The molecule has 0 unspecified atom stereocenters. The highest BCUT2D eigenvalue weighted by Crippen LogP contribution is 2.18. The van der Waals surface area contributed by atoms with Crippen LogP contribution in [0.4, 0.5) is 0 Å². The summed E-state index contributed by atoms with van der Waals surface area (Å²) in [4.78, 5) is 25.8. The van der Waals surface area contributed by atoms with Crippen LogP contribution in [0.2, 0.25) is 0 Å². The molecule has 1 aliphatic rings. The largest absolute Gasteiger partial charge is 0.333 e. The first kappa shape index (κ1) is 16.1. The lowest BCUT2D eigenvalue weighted by Gasteiger charge is -2.13. The predicted molar refractivity (Wildman–Crippen MR) is 95.5 cm³/mol. The minimum atomic E-state index is 0.119. The topological polar surface area (TPSA) is 37.4 Å². The average Bonchev–Trinajstić information content (AvgIpc) is 3.12. The first-order chi connectivity index (χ1) is 11.2. The van der Waals surface area contributed by atoms with Gasteiger partial charge in [-0.25, -0.2) is 0 Å². The van der Waals surface area contributed by atoms with Crippen molar-refractivity contribution in [3.05, 3.63) is 48.0 Å². The van der Waals surface area contributed by atoms with E-state index >= 15 is 0 Å². The van der Waals surface area contributed by atoms with Gasteiger partial charge in [0.1, 0.15) is 5.78 Å². The number of fused-ring (bicyclic) bond motifs is 1. The van der Waals surface area contributed by atoms with Crippen LogP contribution in [0.1, 0.15) is 24.8 Å². The number of hydrogen-bond donors (Lipinski definition) is 0. The van der Waals surface area contributed by atoms with Crippen molar-refractivity contribution >= 4 is 34.2 Å². The van der Waals surface area contributed by atoms with Gasteiger partial charge in [0.15, 0.2) is 0 Å². The Morgan fingerprint density at radius 3 is 2.61 bits per heavy atom. The quantitative estimate of drug-likeness (QED) is 0.812. The smallest absolute Gasteiger partial charge is 0.223 e. The Balaban J connectivity index is 1.47. The molecule has 1 fully saturated rings. The SMILES string of the molecule is O=C(CCC(=O)N1CCSC1)CCc1ccc2ccccc2c1. The Morgan fingerprint density at radius 1 is 1.00 bits per heavy atom. The summed E-state index contributed by atoms with van der Waals surface area (Å²) in [5.74, 6) is 2.10. The molecule has 2 aromatic rings. The van der Waals surface area contributed by atoms with Gasteiger partial charge in [-0.05, 0) is 22.8 Å². The van der Waals surface area contributed by atoms with Crippen LogP contribution in [-0.2, 0) is 16.0 Å². The number of aryl methyl sites for hydroxylation is 1. The fourth-order valence-electron chi connectivity index (χ4n) is 2.82. The van der Waals surface area contributed by atoms with E-state index in [4.69, 9.17) is 0 Å². The normalized spacial score (nSPS) is 14.3. The lowest BCUT2D eigenvalue weighted by Crippen LogP contribution is -2.28. The summed E-state index contributed by atoms with van der Waals surface area (Å²) in [7, 11) is 0. The molecular weight excluding hydrogens is 306 g/mol. The molecule has 2 aromatic carbocycles. The van der Waals surface area contributed by atoms with E-state index in [0.29, 0.717) is 19.3 Å². The van der Waals surface area contributed by atoms with Gasteiger partial charge in [0.05, 0.1) is 5.88 Å². The molecule has 23 heavy (non-hydrogen) atoms. The lowest BCUT2D eigenvalue weighted by molar-refractivity contribution is -0.131. The van der Waals surface area contributed by atoms with Crippen molar-refractivity contribution in [1.29, 1.82) is 0 Å². The number of Topliss-reactive ketones (excluding diaryl/α,β-unsaturated/α-hetero) is 1. The van der Waals surface area contributed by atoms with Crippen LogP contribution in [0, 0.1) is 0 Å². The van der Waals surface area contributed by atoms with E-state index in [9.17, 15) is 9.59 Å². The maximum Gasteiger partial charge on any atom is 0.223 e. The number of hydrogen-bond acceptors (Lipinski definition) is 3. The Kier molecular flexibility index (Phi) is 5.34. The van der Waals surface area contributed by atoms with Gasteiger partial charge in [0.2, 0.25) is 5.91 Å². The van der Waals surface area contributed by atoms with Crippen LogP contribution in [0.3, 0.4) is 0 Å². The Bertz CT molecular complexity index is 707. The Labute approximate surface area is 141 Å². The number of benzene rings is 2. The third-order valence-corrected chi connectivity index (χ3v) is 5.19. The second kappa shape index (κ2) is 7.64. The molecule has 3 rings (SSSR count).